The molecule has 0 aliphatic carbocycles. The standard InChI is InChI=1S/C16H19N3O2/c1-18-5-7-19(8-6-18)16-13(11-20)9-12-3-4-14(21-2)10-15(12)17-16/h3-4,9-11H,5-8H2,1-2H3. The van der Waals surface area contributed by atoms with E-state index >= 15 is 0 Å². The Bertz CT molecular complexity index is 664. The van der Waals surface area contributed by atoms with Crippen molar-refractivity contribution in [1.82, 2.24) is 9.88 Å². The van der Waals surface area contributed by atoms with Crippen LogP contribution in [-0.4, -0.2) is 56.5 Å². The van der Waals surface area contributed by atoms with Crippen molar-refractivity contribution in [2.24, 2.45) is 0 Å². The molecule has 0 radical (unpaired) electrons. The second kappa shape index (κ2) is 5.69. The first kappa shape index (κ1) is 13.8. The molecular formula is C16H19N3O2. The minimum absolute atomic E-state index is 0.650. The number of hydrogen-bond donors (Lipinski definition) is 0. The van der Waals surface area contributed by atoms with Crippen LogP contribution in [0.15, 0.2) is 24.3 Å². The molecule has 1 saturated heterocycles. The van der Waals surface area contributed by atoms with E-state index in [1.54, 1.807) is 7.11 Å². The van der Waals surface area contributed by atoms with Crippen molar-refractivity contribution in [2.75, 3.05) is 45.2 Å². The highest BCUT2D eigenvalue weighted by Gasteiger charge is 2.19. The maximum atomic E-state index is 11.4. The third-order valence-corrected chi connectivity index (χ3v) is 3.96. The number of carbonyl (C=O) groups is 1. The molecule has 0 unspecified atom stereocenters. The SMILES string of the molecule is COc1ccc2cc(C=O)c(N3CCN(C)CC3)nc2c1. The average molecular weight is 285 g/mol. The zero-order valence-electron chi connectivity index (χ0n) is 12.4. The van der Waals surface area contributed by atoms with Gasteiger partial charge in [-0.15, -0.1) is 0 Å². The number of likely N-dealkylation sites (N-methyl/N-ethyl adjacent to an activating group) is 1. The van der Waals surface area contributed by atoms with Gasteiger partial charge >= 0.3 is 0 Å². The van der Waals surface area contributed by atoms with Crippen LogP contribution in [0.5, 0.6) is 5.75 Å². The minimum Gasteiger partial charge on any atom is -0.497 e. The van der Waals surface area contributed by atoms with Gasteiger partial charge in [0.1, 0.15) is 11.6 Å². The molecule has 5 heteroatoms. The Hall–Kier alpha value is -2.14. The molecule has 0 atom stereocenters. The maximum absolute atomic E-state index is 11.4. The second-order valence-corrected chi connectivity index (χ2v) is 5.37. The van der Waals surface area contributed by atoms with Gasteiger partial charge in [-0.1, -0.05) is 0 Å². The lowest BCUT2D eigenvalue weighted by Gasteiger charge is -2.33. The fourth-order valence-corrected chi connectivity index (χ4v) is 2.64. The van der Waals surface area contributed by atoms with E-state index in [9.17, 15) is 4.79 Å². The van der Waals surface area contributed by atoms with E-state index < -0.39 is 0 Å². The summed E-state index contributed by atoms with van der Waals surface area (Å²) >= 11 is 0. The quantitative estimate of drug-likeness (QED) is 0.805. The molecule has 1 aliphatic heterocycles. The van der Waals surface area contributed by atoms with E-state index in [0.29, 0.717) is 5.56 Å². The number of hydrogen-bond acceptors (Lipinski definition) is 5. The highest BCUT2D eigenvalue weighted by molar-refractivity contribution is 5.92. The summed E-state index contributed by atoms with van der Waals surface area (Å²) in [5, 5.41) is 0.954. The smallest absolute Gasteiger partial charge is 0.153 e. The molecule has 1 fully saturated rings. The lowest BCUT2D eigenvalue weighted by Crippen LogP contribution is -2.45. The van der Waals surface area contributed by atoms with Crippen LogP contribution in [0.4, 0.5) is 5.82 Å². The van der Waals surface area contributed by atoms with Crippen molar-refractivity contribution < 1.29 is 9.53 Å². The second-order valence-electron chi connectivity index (χ2n) is 5.37. The van der Waals surface area contributed by atoms with Crippen LogP contribution in [0, 0.1) is 0 Å². The number of aldehydes is 1. The molecule has 1 aromatic carbocycles. The van der Waals surface area contributed by atoms with Gasteiger partial charge in [0, 0.05) is 37.6 Å². The molecule has 0 amide bonds. The monoisotopic (exact) mass is 285 g/mol. The predicted molar refractivity (Wildman–Crippen MR) is 83.4 cm³/mol. The Kier molecular flexibility index (Phi) is 3.75. The van der Waals surface area contributed by atoms with E-state index in [1.165, 1.54) is 0 Å². The van der Waals surface area contributed by atoms with Gasteiger partial charge in [-0.05, 0) is 25.2 Å². The molecule has 1 aliphatic rings. The number of ether oxygens (including phenoxy) is 1. The molecule has 3 rings (SSSR count). The van der Waals surface area contributed by atoms with Gasteiger partial charge in [0.2, 0.25) is 0 Å². The summed E-state index contributed by atoms with van der Waals surface area (Å²) < 4.78 is 5.25. The van der Waals surface area contributed by atoms with Crippen LogP contribution in [-0.2, 0) is 0 Å². The van der Waals surface area contributed by atoms with Crippen molar-refractivity contribution in [2.45, 2.75) is 0 Å². The van der Waals surface area contributed by atoms with Gasteiger partial charge in [0.25, 0.3) is 0 Å². The number of carbonyl (C=O) groups excluding carboxylic acids is 1. The average Bonchev–Trinajstić information content (AvgIpc) is 2.53. The number of pyridine rings is 1. The number of methoxy groups -OCH3 is 1. The molecule has 21 heavy (non-hydrogen) atoms. The number of nitrogens with zero attached hydrogens (tertiary/aromatic N) is 3. The minimum atomic E-state index is 0.650. The van der Waals surface area contributed by atoms with E-state index in [1.807, 2.05) is 24.3 Å². The van der Waals surface area contributed by atoms with Gasteiger partial charge < -0.3 is 14.5 Å². The molecule has 2 aromatic rings. The lowest BCUT2D eigenvalue weighted by molar-refractivity contribution is 0.112. The summed E-state index contributed by atoms with van der Waals surface area (Å²) in [6.45, 7) is 3.74. The van der Waals surface area contributed by atoms with Crippen molar-refractivity contribution in [3.8, 4) is 5.75 Å². The third kappa shape index (κ3) is 2.69. The lowest BCUT2D eigenvalue weighted by atomic mass is 10.1. The Morgan fingerprint density at radius 2 is 1.95 bits per heavy atom. The van der Waals surface area contributed by atoms with Crippen LogP contribution in [0.1, 0.15) is 10.4 Å². The molecule has 0 bridgehead atoms. The van der Waals surface area contributed by atoms with E-state index in [4.69, 9.17) is 9.72 Å². The Morgan fingerprint density at radius 3 is 2.62 bits per heavy atom. The Morgan fingerprint density at radius 1 is 1.19 bits per heavy atom. The molecule has 110 valence electrons. The topological polar surface area (TPSA) is 45.7 Å². The predicted octanol–water partition coefficient (Wildman–Crippen LogP) is 1.81. The van der Waals surface area contributed by atoms with Crippen LogP contribution in [0.3, 0.4) is 0 Å². The molecular weight excluding hydrogens is 266 g/mol. The van der Waals surface area contributed by atoms with Crippen LogP contribution in [0.2, 0.25) is 0 Å². The summed E-state index contributed by atoms with van der Waals surface area (Å²) in [6, 6.07) is 7.63. The fourth-order valence-electron chi connectivity index (χ4n) is 2.64. The van der Waals surface area contributed by atoms with Gasteiger partial charge in [0.15, 0.2) is 6.29 Å². The summed E-state index contributed by atoms with van der Waals surface area (Å²) in [7, 11) is 3.75. The van der Waals surface area contributed by atoms with Crippen molar-refractivity contribution in [1.29, 1.82) is 0 Å². The molecule has 5 nitrogen and oxygen atoms in total. The summed E-state index contributed by atoms with van der Waals surface area (Å²) in [6.07, 6.45) is 0.893. The number of anilines is 1. The van der Waals surface area contributed by atoms with Gasteiger partial charge in [-0.3, -0.25) is 4.79 Å². The number of piperazine rings is 1. The summed E-state index contributed by atoms with van der Waals surface area (Å²) in [4.78, 5) is 20.6. The maximum Gasteiger partial charge on any atom is 0.153 e. The first-order valence-corrected chi connectivity index (χ1v) is 7.09. The van der Waals surface area contributed by atoms with Gasteiger partial charge in [-0.2, -0.15) is 0 Å². The molecule has 2 heterocycles. The van der Waals surface area contributed by atoms with Crippen molar-refractivity contribution >= 4 is 23.0 Å². The van der Waals surface area contributed by atoms with Gasteiger partial charge in [-0.25, -0.2) is 4.98 Å². The highest BCUT2D eigenvalue weighted by atomic mass is 16.5. The highest BCUT2D eigenvalue weighted by Crippen LogP contribution is 2.26. The number of aromatic nitrogens is 1. The van der Waals surface area contributed by atoms with Gasteiger partial charge in [0.05, 0.1) is 18.2 Å². The number of rotatable bonds is 3. The molecule has 0 saturated carbocycles. The van der Waals surface area contributed by atoms with E-state index in [-0.39, 0.29) is 0 Å². The number of fused-ring (bicyclic) bond motifs is 1. The fraction of sp³-hybridized carbons (Fsp3) is 0.375. The van der Waals surface area contributed by atoms with E-state index in [2.05, 4.69) is 16.8 Å². The van der Waals surface area contributed by atoms with E-state index in [0.717, 1.165) is 54.9 Å². The normalized spacial score (nSPS) is 16.2. The third-order valence-electron chi connectivity index (χ3n) is 3.96. The first-order chi connectivity index (χ1) is 10.2. The molecule has 1 aromatic heterocycles. The van der Waals surface area contributed by atoms with Crippen LogP contribution in [0.25, 0.3) is 10.9 Å². The molecule has 0 spiro atoms. The Labute approximate surface area is 124 Å². The molecule has 0 N–H and O–H groups in total. The zero-order chi connectivity index (χ0) is 14.8. The number of benzene rings is 1. The first-order valence-electron chi connectivity index (χ1n) is 7.09. The van der Waals surface area contributed by atoms with Crippen molar-refractivity contribution in [3.63, 3.8) is 0 Å². The van der Waals surface area contributed by atoms with Crippen LogP contribution < -0.4 is 9.64 Å². The van der Waals surface area contributed by atoms with Crippen molar-refractivity contribution in [3.05, 3.63) is 29.8 Å². The Balaban J connectivity index is 2.05. The largest absolute Gasteiger partial charge is 0.497 e. The summed E-state index contributed by atoms with van der Waals surface area (Å²) in [5.41, 5.74) is 1.51. The summed E-state index contributed by atoms with van der Waals surface area (Å²) in [5.74, 6) is 1.55. The zero-order valence-corrected chi connectivity index (χ0v) is 12.4. The van der Waals surface area contributed by atoms with Crippen LogP contribution >= 0.6 is 0 Å².